The van der Waals surface area contributed by atoms with Crippen molar-refractivity contribution in [3.8, 4) is 5.75 Å². The van der Waals surface area contributed by atoms with Crippen molar-refractivity contribution >= 4 is 5.97 Å². The molecule has 2 aliphatic heterocycles. The summed E-state index contributed by atoms with van der Waals surface area (Å²) >= 11 is 0. The summed E-state index contributed by atoms with van der Waals surface area (Å²) in [6, 6.07) is 5.28. The maximum absolute atomic E-state index is 11.6. The van der Waals surface area contributed by atoms with E-state index in [2.05, 4.69) is 0 Å². The van der Waals surface area contributed by atoms with Crippen LogP contribution in [0.3, 0.4) is 0 Å². The first-order chi connectivity index (χ1) is 8.02. The summed E-state index contributed by atoms with van der Waals surface area (Å²) in [7, 11) is 1.34. The van der Waals surface area contributed by atoms with E-state index in [9.17, 15) is 4.79 Å². The van der Waals surface area contributed by atoms with Crippen LogP contribution in [0.15, 0.2) is 18.2 Å². The molecule has 90 valence electrons. The molecule has 0 N–H and O–H groups in total. The van der Waals surface area contributed by atoms with E-state index in [-0.39, 0.29) is 0 Å². The molecule has 0 aromatic heterocycles. The molecule has 0 bridgehead atoms. The molecule has 5 nitrogen and oxygen atoms in total. The van der Waals surface area contributed by atoms with Crippen LogP contribution < -0.4 is 4.74 Å². The van der Waals surface area contributed by atoms with Crippen LogP contribution in [0.1, 0.15) is 29.8 Å². The Balaban J connectivity index is 2.17. The highest BCUT2D eigenvalue weighted by atomic mass is 17.3. The predicted molar refractivity (Wildman–Crippen MR) is 56.3 cm³/mol. The molecule has 3 rings (SSSR count). The van der Waals surface area contributed by atoms with Crippen molar-refractivity contribution in [2.24, 2.45) is 0 Å². The standard InChI is InChI=1S/C12H12O5/c1-11-8-6-4-5-7(10(13)14-3)9(8)15-12(11,2)17-16-11/h4-6H,1-3H3. The first kappa shape index (κ1) is 10.6. The van der Waals surface area contributed by atoms with Crippen LogP contribution in [0.25, 0.3) is 0 Å². The van der Waals surface area contributed by atoms with Gasteiger partial charge in [0, 0.05) is 12.5 Å². The smallest absolute Gasteiger partial charge is 0.341 e. The van der Waals surface area contributed by atoms with E-state index in [1.807, 2.05) is 13.0 Å². The van der Waals surface area contributed by atoms with E-state index < -0.39 is 17.4 Å². The third kappa shape index (κ3) is 1.08. The number of para-hydroxylation sites is 1. The molecule has 0 amide bonds. The van der Waals surface area contributed by atoms with Gasteiger partial charge in [-0.2, -0.15) is 4.89 Å². The highest BCUT2D eigenvalue weighted by Gasteiger charge is 2.67. The molecule has 5 heteroatoms. The van der Waals surface area contributed by atoms with Crippen LogP contribution in [0.5, 0.6) is 5.75 Å². The van der Waals surface area contributed by atoms with Crippen molar-refractivity contribution in [3.63, 3.8) is 0 Å². The Labute approximate surface area is 98.2 Å². The van der Waals surface area contributed by atoms with Crippen molar-refractivity contribution in [1.29, 1.82) is 0 Å². The van der Waals surface area contributed by atoms with Gasteiger partial charge in [0.1, 0.15) is 11.3 Å². The lowest BCUT2D eigenvalue weighted by Crippen LogP contribution is -2.60. The number of rotatable bonds is 1. The molecule has 1 aromatic rings. The number of ether oxygens (including phenoxy) is 2. The van der Waals surface area contributed by atoms with Crippen LogP contribution in [0, 0.1) is 0 Å². The molecule has 2 atom stereocenters. The maximum Gasteiger partial charge on any atom is 0.341 e. The van der Waals surface area contributed by atoms with E-state index in [1.165, 1.54) is 7.11 Å². The number of methoxy groups -OCH3 is 1. The second-order valence-corrected chi connectivity index (χ2v) is 4.42. The number of carbonyl (C=O) groups is 1. The fourth-order valence-corrected chi connectivity index (χ4v) is 2.18. The van der Waals surface area contributed by atoms with Crippen molar-refractivity contribution in [2.45, 2.75) is 25.2 Å². The third-order valence-electron chi connectivity index (χ3n) is 3.47. The molecule has 0 spiro atoms. The van der Waals surface area contributed by atoms with Crippen molar-refractivity contribution in [3.05, 3.63) is 29.3 Å². The van der Waals surface area contributed by atoms with E-state index in [4.69, 9.17) is 19.2 Å². The normalized spacial score (nSPS) is 33.1. The molecule has 0 saturated carbocycles. The highest BCUT2D eigenvalue weighted by molar-refractivity contribution is 5.93. The van der Waals surface area contributed by atoms with Crippen molar-refractivity contribution in [1.82, 2.24) is 0 Å². The monoisotopic (exact) mass is 236 g/mol. The fourth-order valence-electron chi connectivity index (χ4n) is 2.18. The van der Waals surface area contributed by atoms with Crippen molar-refractivity contribution < 1.29 is 24.0 Å². The van der Waals surface area contributed by atoms with Gasteiger partial charge in [-0.25, -0.2) is 9.68 Å². The van der Waals surface area contributed by atoms with Crippen LogP contribution in [-0.4, -0.2) is 18.9 Å². The third-order valence-corrected chi connectivity index (χ3v) is 3.47. The van der Waals surface area contributed by atoms with Crippen LogP contribution >= 0.6 is 0 Å². The van der Waals surface area contributed by atoms with Gasteiger partial charge < -0.3 is 9.47 Å². The summed E-state index contributed by atoms with van der Waals surface area (Å²) in [5.74, 6) is -0.836. The Hall–Kier alpha value is -1.59. The summed E-state index contributed by atoms with van der Waals surface area (Å²) in [6.45, 7) is 3.64. The zero-order valence-corrected chi connectivity index (χ0v) is 9.77. The Morgan fingerprint density at radius 1 is 1.29 bits per heavy atom. The number of carbonyl (C=O) groups excluding carboxylic acids is 1. The number of hydrogen-bond acceptors (Lipinski definition) is 5. The fraction of sp³-hybridized carbons (Fsp3) is 0.417. The Morgan fingerprint density at radius 3 is 2.65 bits per heavy atom. The maximum atomic E-state index is 11.6. The highest BCUT2D eigenvalue weighted by Crippen LogP contribution is 2.57. The van der Waals surface area contributed by atoms with Gasteiger partial charge in [0.15, 0.2) is 5.60 Å². The van der Waals surface area contributed by atoms with Gasteiger partial charge >= 0.3 is 5.97 Å². The van der Waals surface area contributed by atoms with Crippen LogP contribution in [0.2, 0.25) is 0 Å². The molecule has 0 aliphatic carbocycles. The Kier molecular flexibility index (Phi) is 1.86. The Morgan fingerprint density at radius 2 is 2.06 bits per heavy atom. The van der Waals surface area contributed by atoms with Gasteiger partial charge in [-0.05, 0) is 13.0 Å². The van der Waals surface area contributed by atoms with E-state index >= 15 is 0 Å². The largest absolute Gasteiger partial charge is 0.465 e. The molecule has 1 saturated heterocycles. The average Bonchev–Trinajstić information content (AvgIpc) is 2.49. The molecule has 2 aliphatic rings. The second kappa shape index (κ2) is 3.00. The average molecular weight is 236 g/mol. The van der Waals surface area contributed by atoms with Crippen molar-refractivity contribution in [2.75, 3.05) is 7.11 Å². The molecule has 1 aromatic carbocycles. The van der Waals surface area contributed by atoms with Gasteiger partial charge in [0.25, 0.3) is 5.79 Å². The zero-order valence-electron chi connectivity index (χ0n) is 9.77. The molecular formula is C12H12O5. The lowest BCUT2D eigenvalue weighted by atomic mass is 9.88. The summed E-state index contributed by atoms with van der Waals surface area (Å²) in [6.07, 6.45) is 0. The van der Waals surface area contributed by atoms with Gasteiger partial charge in [0.2, 0.25) is 0 Å². The number of fused-ring (bicyclic) bond motifs is 3. The molecule has 2 unspecified atom stereocenters. The molecular weight excluding hydrogens is 224 g/mol. The number of esters is 1. The first-order valence-corrected chi connectivity index (χ1v) is 5.29. The predicted octanol–water partition coefficient (Wildman–Crippen LogP) is 1.76. The minimum Gasteiger partial charge on any atom is -0.465 e. The summed E-state index contributed by atoms with van der Waals surface area (Å²) in [5, 5.41) is 0. The topological polar surface area (TPSA) is 54.0 Å². The summed E-state index contributed by atoms with van der Waals surface area (Å²) in [5.41, 5.74) is 0.509. The lowest BCUT2D eigenvalue weighted by Gasteiger charge is -2.45. The Bertz CT molecular complexity index is 512. The van der Waals surface area contributed by atoms with Gasteiger partial charge in [-0.15, -0.1) is 0 Å². The SMILES string of the molecule is COC(=O)c1cccc2c1OC1(C)OOC21C. The molecule has 2 heterocycles. The van der Waals surface area contributed by atoms with E-state index in [0.717, 1.165) is 5.56 Å². The molecule has 0 radical (unpaired) electrons. The number of benzene rings is 1. The minimum atomic E-state index is -0.876. The first-order valence-electron chi connectivity index (χ1n) is 5.29. The summed E-state index contributed by atoms with van der Waals surface area (Å²) < 4.78 is 10.4. The summed E-state index contributed by atoms with van der Waals surface area (Å²) in [4.78, 5) is 21.8. The van der Waals surface area contributed by atoms with Crippen LogP contribution in [0.4, 0.5) is 0 Å². The van der Waals surface area contributed by atoms with Gasteiger partial charge in [-0.3, -0.25) is 0 Å². The van der Waals surface area contributed by atoms with Gasteiger partial charge in [0.05, 0.1) is 7.11 Å². The van der Waals surface area contributed by atoms with E-state index in [1.54, 1.807) is 19.1 Å². The molecule has 1 fully saturated rings. The molecule has 17 heavy (non-hydrogen) atoms. The minimum absolute atomic E-state index is 0.383. The van der Waals surface area contributed by atoms with Crippen LogP contribution in [-0.2, 0) is 20.1 Å². The number of hydrogen-bond donors (Lipinski definition) is 0. The second-order valence-electron chi connectivity index (χ2n) is 4.42. The zero-order chi connectivity index (χ0) is 12.3. The quantitative estimate of drug-likeness (QED) is 0.549. The van der Waals surface area contributed by atoms with Gasteiger partial charge in [-0.1, -0.05) is 12.1 Å². The van der Waals surface area contributed by atoms with E-state index in [0.29, 0.717) is 11.3 Å². The lowest BCUT2D eigenvalue weighted by molar-refractivity contribution is -0.587.